The van der Waals surface area contributed by atoms with Gasteiger partial charge in [-0.15, -0.1) is 0 Å². The highest BCUT2D eigenvalue weighted by Gasteiger charge is 2.03. The van der Waals surface area contributed by atoms with Crippen molar-refractivity contribution in [1.29, 1.82) is 0 Å². The fourth-order valence-electron chi connectivity index (χ4n) is 0.807. The van der Waals surface area contributed by atoms with Crippen molar-refractivity contribution < 1.29 is 10.2 Å². The van der Waals surface area contributed by atoms with E-state index in [-0.39, 0.29) is 12.6 Å². The van der Waals surface area contributed by atoms with E-state index in [1.165, 1.54) is 12.4 Å². The zero-order chi connectivity index (χ0) is 8.97. The molecule has 4 N–H and O–H groups in total. The van der Waals surface area contributed by atoms with Gasteiger partial charge in [-0.1, -0.05) is 0 Å². The van der Waals surface area contributed by atoms with Gasteiger partial charge in [-0.3, -0.25) is 0 Å². The molecule has 0 aliphatic rings. The second kappa shape index (κ2) is 3.99. The standard InChI is InChI=1S/C7H11N3O2/c8-7-9-2-5(3-10-7)1-6(12)4-11/h2-3,6,11-12H,1,4H2,(H2,8,9,10). The molecule has 1 aromatic rings. The Kier molecular flexibility index (Phi) is 2.95. The summed E-state index contributed by atoms with van der Waals surface area (Å²) >= 11 is 0. The molecular formula is C7H11N3O2. The first-order valence-corrected chi connectivity index (χ1v) is 3.57. The quantitative estimate of drug-likeness (QED) is 0.537. The van der Waals surface area contributed by atoms with Gasteiger partial charge in [0, 0.05) is 18.8 Å². The van der Waals surface area contributed by atoms with Crippen molar-refractivity contribution in [2.24, 2.45) is 0 Å². The van der Waals surface area contributed by atoms with Crippen LogP contribution in [0.5, 0.6) is 0 Å². The number of aliphatic hydroxyl groups excluding tert-OH is 2. The third-order valence-corrected chi connectivity index (χ3v) is 1.41. The molecule has 5 nitrogen and oxygen atoms in total. The number of hydrogen-bond acceptors (Lipinski definition) is 5. The van der Waals surface area contributed by atoms with E-state index in [1.54, 1.807) is 0 Å². The Labute approximate surface area is 69.9 Å². The molecule has 0 aliphatic heterocycles. The van der Waals surface area contributed by atoms with E-state index in [4.69, 9.17) is 15.9 Å². The fourth-order valence-corrected chi connectivity index (χ4v) is 0.807. The van der Waals surface area contributed by atoms with E-state index in [1.807, 2.05) is 0 Å². The summed E-state index contributed by atoms with van der Waals surface area (Å²) in [4.78, 5) is 7.48. The van der Waals surface area contributed by atoms with Crippen molar-refractivity contribution in [3.8, 4) is 0 Å². The zero-order valence-electron chi connectivity index (χ0n) is 6.51. The predicted octanol–water partition coefficient (Wildman–Crippen LogP) is -1.05. The minimum atomic E-state index is -0.753. The number of nitrogen functional groups attached to an aromatic ring is 1. The van der Waals surface area contributed by atoms with Gasteiger partial charge in [-0.2, -0.15) is 0 Å². The normalized spacial score (nSPS) is 12.8. The molecule has 1 rings (SSSR count). The molecule has 5 heteroatoms. The molecule has 66 valence electrons. The van der Waals surface area contributed by atoms with Gasteiger partial charge in [-0.05, 0) is 5.56 Å². The van der Waals surface area contributed by atoms with Crippen molar-refractivity contribution in [2.45, 2.75) is 12.5 Å². The van der Waals surface area contributed by atoms with Gasteiger partial charge in [-0.25, -0.2) is 9.97 Å². The Balaban J connectivity index is 2.58. The number of nitrogens with two attached hydrogens (primary N) is 1. The molecule has 1 unspecified atom stereocenters. The summed E-state index contributed by atoms with van der Waals surface area (Å²) in [6, 6.07) is 0. The zero-order valence-corrected chi connectivity index (χ0v) is 6.51. The van der Waals surface area contributed by atoms with Crippen LogP contribution in [0.25, 0.3) is 0 Å². The summed E-state index contributed by atoms with van der Waals surface area (Å²) in [5.41, 5.74) is 6.01. The predicted molar refractivity (Wildman–Crippen MR) is 43.2 cm³/mol. The highest BCUT2D eigenvalue weighted by molar-refractivity contribution is 5.17. The number of anilines is 1. The van der Waals surface area contributed by atoms with Gasteiger partial charge < -0.3 is 15.9 Å². The second-order valence-electron chi connectivity index (χ2n) is 2.49. The minimum Gasteiger partial charge on any atom is -0.394 e. The van der Waals surface area contributed by atoms with Crippen LogP contribution in [-0.4, -0.2) is 32.9 Å². The summed E-state index contributed by atoms with van der Waals surface area (Å²) in [6.45, 7) is -0.260. The summed E-state index contributed by atoms with van der Waals surface area (Å²) in [7, 11) is 0. The average molecular weight is 169 g/mol. The monoisotopic (exact) mass is 169 g/mol. The minimum absolute atomic E-state index is 0.206. The van der Waals surface area contributed by atoms with Crippen molar-refractivity contribution in [2.75, 3.05) is 12.3 Å². The highest BCUT2D eigenvalue weighted by atomic mass is 16.3. The summed E-state index contributed by atoms with van der Waals surface area (Å²) < 4.78 is 0. The van der Waals surface area contributed by atoms with Crippen LogP contribution in [0.2, 0.25) is 0 Å². The summed E-state index contributed by atoms with van der Waals surface area (Å²) in [5.74, 6) is 0.206. The van der Waals surface area contributed by atoms with E-state index >= 15 is 0 Å². The van der Waals surface area contributed by atoms with Gasteiger partial charge in [0.25, 0.3) is 0 Å². The van der Waals surface area contributed by atoms with Crippen LogP contribution in [0.4, 0.5) is 5.95 Å². The molecule has 0 saturated carbocycles. The molecule has 0 amide bonds. The van der Waals surface area contributed by atoms with Crippen molar-refractivity contribution in [1.82, 2.24) is 9.97 Å². The lowest BCUT2D eigenvalue weighted by Gasteiger charge is -2.05. The van der Waals surface area contributed by atoms with E-state index in [0.717, 1.165) is 5.56 Å². The molecule has 1 heterocycles. The Morgan fingerprint density at radius 3 is 2.50 bits per heavy atom. The number of rotatable bonds is 3. The Bertz CT molecular complexity index is 237. The summed E-state index contributed by atoms with van der Waals surface area (Å²) in [5, 5.41) is 17.6. The second-order valence-corrected chi connectivity index (χ2v) is 2.49. The van der Waals surface area contributed by atoms with Crippen LogP contribution in [-0.2, 0) is 6.42 Å². The molecule has 0 aliphatic carbocycles. The average Bonchev–Trinajstić information content (AvgIpc) is 2.09. The molecule has 0 bridgehead atoms. The number of aliphatic hydroxyl groups is 2. The smallest absolute Gasteiger partial charge is 0.219 e. The summed E-state index contributed by atoms with van der Waals surface area (Å²) in [6.07, 6.45) is 2.65. The van der Waals surface area contributed by atoms with Gasteiger partial charge in [0.15, 0.2) is 0 Å². The first-order valence-electron chi connectivity index (χ1n) is 3.57. The van der Waals surface area contributed by atoms with Gasteiger partial charge in [0.05, 0.1) is 12.7 Å². The Morgan fingerprint density at radius 1 is 1.42 bits per heavy atom. The highest BCUT2D eigenvalue weighted by Crippen LogP contribution is 2.00. The topological polar surface area (TPSA) is 92.3 Å². The van der Waals surface area contributed by atoms with E-state index in [9.17, 15) is 0 Å². The van der Waals surface area contributed by atoms with Crippen molar-refractivity contribution in [3.63, 3.8) is 0 Å². The van der Waals surface area contributed by atoms with Gasteiger partial charge in [0.1, 0.15) is 0 Å². The maximum absolute atomic E-state index is 9.04. The number of nitrogens with zero attached hydrogens (tertiary/aromatic N) is 2. The lowest BCUT2D eigenvalue weighted by molar-refractivity contribution is 0.0954. The van der Waals surface area contributed by atoms with Crippen LogP contribution in [0, 0.1) is 0 Å². The number of aromatic nitrogens is 2. The van der Waals surface area contributed by atoms with Gasteiger partial charge >= 0.3 is 0 Å². The lowest BCUT2D eigenvalue weighted by atomic mass is 10.2. The van der Waals surface area contributed by atoms with E-state index in [2.05, 4.69) is 9.97 Å². The first-order chi connectivity index (χ1) is 5.72. The molecular weight excluding hydrogens is 158 g/mol. The van der Waals surface area contributed by atoms with Crippen molar-refractivity contribution >= 4 is 5.95 Å². The SMILES string of the molecule is Nc1ncc(CC(O)CO)cn1. The molecule has 1 aromatic heterocycles. The molecule has 0 spiro atoms. The van der Waals surface area contributed by atoms with Crippen molar-refractivity contribution in [3.05, 3.63) is 18.0 Å². The van der Waals surface area contributed by atoms with Gasteiger partial charge in [0.2, 0.25) is 5.95 Å². The third kappa shape index (κ3) is 2.44. The molecule has 0 saturated heterocycles. The molecule has 12 heavy (non-hydrogen) atoms. The van der Waals surface area contributed by atoms with Crippen LogP contribution >= 0.6 is 0 Å². The molecule has 1 atom stereocenters. The first kappa shape index (κ1) is 8.89. The van der Waals surface area contributed by atoms with Crippen LogP contribution < -0.4 is 5.73 Å². The van der Waals surface area contributed by atoms with Crippen LogP contribution in [0.1, 0.15) is 5.56 Å². The lowest BCUT2D eigenvalue weighted by Crippen LogP contribution is -2.15. The molecule has 0 radical (unpaired) electrons. The maximum Gasteiger partial charge on any atom is 0.219 e. The Morgan fingerprint density at radius 2 is 2.00 bits per heavy atom. The largest absolute Gasteiger partial charge is 0.394 e. The maximum atomic E-state index is 9.04. The van der Waals surface area contributed by atoms with Crippen LogP contribution in [0.3, 0.4) is 0 Å². The molecule has 0 aromatic carbocycles. The number of hydrogen-bond donors (Lipinski definition) is 3. The third-order valence-electron chi connectivity index (χ3n) is 1.41. The van der Waals surface area contributed by atoms with E-state index < -0.39 is 6.10 Å². The molecule has 0 fully saturated rings. The Hall–Kier alpha value is -1.20. The van der Waals surface area contributed by atoms with Crippen LogP contribution in [0.15, 0.2) is 12.4 Å². The fraction of sp³-hybridized carbons (Fsp3) is 0.429. The van der Waals surface area contributed by atoms with E-state index in [0.29, 0.717) is 6.42 Å².